The lowest BCUT2D eigenvalue weighted by Gasteiger charge is -2.21. The third-order valence-corrected chi connectivity index (χ3v) is 3.61. The molecule has 0 aromatic heterocycles. The smallest absolute Gasteiger partial charge is 0.339 e. The topological polar surface area (TPSA) is 26.3 Å². The number of rotatable bonds is 4. The van der Waals surface area contributed by atoms with Gasteiger partial charge in [-0.05, 0) is 49.9 Å². The predicted octanol–water partition coefficient (Wildman–Crippen LogP) is 5.25. The van der Waals surface area contributed by atoms with Crippen molar-refractivity contribution in [2.75, 3.05) is 5.33 Å². The zero-order chi connectivity index (χ0) is 16.2. The normalized spacial score (nSPS) is 11.3. The van der Waals surface area contributed by atoms with Crippen molar-refractivity contribution in [1.82, 2.24) is 0 Å². The summed E-state index contributed by atoms with van der Waals surface area (Å²) in [5, 5.41) is 0.888. The highest BCUT2D eigenvalue weighted by atomic mass is 79.9. The molecule has 0 spiro atoms. The van der Waals surface area contributed by atoms with E-state index in [-0.39, 0.29) is 5.97 Å². The van der Waals surface area contributed by atoms with Crippen molar-refractivity contribution in [1.29, 1.82) is 0 Å². The number of ether oxygens (including phenoxy) is 1. The van der Waals surface area contributed by atoms with E-state index in [1.807, 2.05) is 57.2 Å². The van der Waals surface area contributed by atoms with E-state index >= 15 is 0 Å². The van der Waals surface area contributed by atoms with Crippen LogP contribution in [0.25, 0.3) is 11.1 Å². The van der Waals surface area contributed by atoms with E-state index in [1.165, 1.54) is 5.56 Å². The first-order valence-electron chi connectivity index (χ1n) is 7.39. The zero-order valence-electron chi connectivity index (χ0n) is 13.2. The van der Waals surface area contributed by atoms with Gasteiger partial charge in [0.25, 0.3) is 0 Å². The summed E-state index contributed by atoms with van der Waals surface area (Å²) in [5.41, 5.74) is 3.34. The van der Waals surface area contributed by atoms with Gasteiger partial charge in [0.05, 0.1) is 5.56 Å². The minimum Gasteiger partial charge on any atom is -0.456 e. The minimum atomic E-state index is -0.500. The van der Waals surface area contributed by atoms with Crippen LogP contribution in [0.1, 0.15) is 36.7 Å². The molecule has 0 atom stereocenters. The number of alkyl halides is 1. The third-order valence-electron chi connectivity index (χ3n) is 3.22. The van der Waals surface area contributed by atoms with Crippen LogP contribution in [0, 0.1) is 0 Å². The van der Waals surface area contributed by atoms with Crippen molar-refractivity contribution in [2.24, 2.45) is 0 Å². The van der Waals surface area contributed by atoms with Gasteiger partial charge in [0.2, 0.25) is 0 Å². The Morgan fingerprint density at radius 1 is 1.00 bits per heavy atom. The van der Waals surface area contributed by atoms with E-state index in [9.17, 15) is 4.79 Å². The number of carbonyl (C=O) groups is 1. The number of hydrogen-bond acceptors (Lipinski definition) is 2. The summed E-state index contributed by atoms with van der Waals surface area (Å²) in [4.78, 5) is 12.5. The lowest BCUT2D eigenvalue weighted by Crippen LogP contribution is -2.24. The molecular weight excluding hydrogens is 340 g/mol. The number of aryl methyl sites for hydroxylation is 1. The summed E-state index contributed by atoms with van der Waals surface area (Å²) in [6.45, 7) is 5.64. The van der Waals surface area contributed by atoms with Crippen LogP contribution in [-0.2, 0) is 11.2 Å². The monoisotopic (exact) mass is 360 g/mol. The molecule has 116 valence electrons. The Labute approximate surface area is 140 Å². The highest BCUT2D eigenvalue weighted by molar-refractivity contribution is 9.09. The average Bonchev–Trinajstić information content (AvgIpc) is 2.46. The maximum Gasteiger partial charge on any atom is 0.339 e. The SMILES string of the molecule is CC(C)(C)OC(=O)c1ccccc1-c1ccccc1CCBr. The van der Waals surface area contributed by atoms with Crippen LogP contribution >= 0.6 is 15.9 Å². The highest BCUT2D eigenvalue weighted by Gasteiger charge is 2.21. The second-order valence-corrected chi connectivity index (χ2v) is 6.94. The van der Waals surface area contributed by atoms with Crippen LogP contribution < -0.4 is 0 Å². The number of hydrogen-bond donors (Lipinski definition) is 0. The van der Waals surface area contributed by atoms with Crippen molar-refractivity contribution in [3.8, 4) is 11.1 Å². The molecule has 0 N–H and O–H groups in total. The Morgan fingerprint density at radius 2 is 1.59 bits per heavy atom. The molecule has 22 heavy (non-hydrogen) atoms. The van der Waals surface area contributed by atoms with Gasteiger partial charge in [0.1, 0.15) is 5.60 Å². The molecule has 0 aliphatic heterocycles. The standard InChI is InChI=1S/C19H21BrO2/c1-19(2,3)22-18(21)17-11-7-6-10-16(17)15-9-5-4-8-14(15)12-13-20/h4-11H,12-13H2,1-3H3. The molecular formula is C19H21BrO2. The Morgan fingerprint density at radius 3 is 2.23 bits per heavy atom. The van der Waals surface area contributed by atoms with Crippen LogP contribution in [0.15, 0.2) is 48.5 Å². The Hall–Kier alpha value is -1.61. The summed E-state index contributed by atoms with van der Waals surface area (Å²) < 4.78 is 5.54. The molecule has 0 bridgehead atoms. The van der Waals surface area contributed by atoms with Gasteiger partial charge in [-0.2, -0.15) is 0 Å². The van der Waals surface area contributed by atoms with Gasteiger partial charge in [-0.1, -0.05) is 58.4 Å². The summed E-state index contributed by atoms with van der Waals surface area (Å²) in [6.07, 6.45) is 0.916. The summed E-state index contributed by atoms with van der Waals surface area (Å²) in [7, 11) is 0. The molecule has 0 saturated heterocycles. The Kier molecular flexibility index (Phi) is 5.41. The fourth-order valence-electron chi connectivity index (χ4n) is 2.33. The molecule has 0 heterocycles. The second-order valence-electron chi connectivity index (χ2n) is 6.14. The van der Waals surface area contributed by atoms with Gasteiger partial charge >= 0.3 is 5.97 Å². The lowest BCUT2D eigenvalue weighted by molar-refractivity contribution is 0.00705. The third kappa shape index (κ3) is 4.20. The Balaban J connectivity index is 2.47. The number of halogens is 1. The van der Waals surface area contributed by atoms with Crippen molar-refractivity contribution < 1.29 is 9.53 Å². The molecule has 0 amide bonds. The van der Waals surface area contributed by atoms with Gasteiger partial charge < -0.3 is 4.74 Å². The Bertz CT molecular complexity index is 656. The molecule has 2 aromatic carbocycles. The first kappa shape index (κ1) is 16.8. The first-order valence-corrected chi connectivity index (χ1v) is 8.51. The quantitative estimate of drug-likeness (QED) is 0.549. The predicted molar refractivity (Wildman–Crippen MR) is 94.5 cm³/mol. The molecule has 2 rings (SSSR count). The van der Waals surface area contributed by atoms with Crippen molar-refractivity contribution in [3.05, 3.63) is 59.7 Å². The average molecular weight is 361 g/mol. The van der Waals surface area contributed by atoms with Crippen LogP contribution in [0.4, 0.5) is 0 Å². The van der Waals surface area contributed by atoms with Crippen molar-refractivity contribution >= 4 is 21.9 Å². The van der Waals surface area contributed by atoms with Crippen LogP contribution in [0.2, 0.25) is 0 Å². The van der Waals surface area contributed by atoms with E-state index in [0.717, 1.165) is 22.9 Å². The van der Waals surface area contributed by atoms with E-state index in [1.54, 1.807) is 0 Å². The van der Waals surface area contributed by atoms with Crippen LogP contribution in [0.3, 0.4) is 0 Å². The zero-order valence-corrected chi connectivity index (χ0v) is 14.8. The molecule has 0 radical (unpaired) electrons. The number of esters is 1. The van der Waals surface area contributed by atoms with Crippen LogP contribution in [0.5, 0.6) is 0 Å². The van der Waals surface area contributed by atoms with E-state index < -0.39 is 5.60 Å². The fourth-order valence-corrected chi connectivity index (χ4v) is 2.76. The van der Waals surface area contributed by atoms with Gasteiger partial charge in [0, 0.05) is 5.33 Å². The molecule has 0 aliphatic carbocycles. The minimum absolute atomic E-state index is 0.281. The first-order chi connectivity index (χ1) is 10.4. The van der Waals surface area contributed by atoms with E-state index in [4.69, 9.17) is 4.74 Å². The van der Waals surface area contributed by atoms with Gasteiger partial charge in [0.15, 0.2) is 0 Å². The maximum atomic E-state index is 12.5. The van der Waals surface area contributed by atoms with Crippen molar-refractivity contribution in [3.63, 3.8) is 0 Å². The number of carbonyl (C=O) groups excluding carboxylic acids is 1. The number of benzene rings is 2. The maximum absolute atomic E-state index is 12.5. The second kappa shape index (κ2) is 7.10. The molecule has 0 aliphatic rings. The summed E-state index contributed by atoms with van der Waals surface area (Å²) in [5.74, 6) is -0.281. The highest BCUT2D eigenvalue weighted by Crippen LogP contribution is 2.29. The lowest BCUT2D eigenvalue weighted by atomic mass is 9.94. The van der Waals surface area contributed by atoms with Crippen molar-refractivity contribution in [2.45, 2.75) is 32.8 Å². The van der Waals surface area contributed by atoms with Gasteiger partial charge in [-0.25, -0.2) is 4.79 Å². The molecule has 3 heteroatoms. The van der Waals surface area contributed by atoms with E-state index in [2.05, 4.69) is 28.1 Å². The summed E-state index contributed by atoms with van der Waals surface area (Å²) >= 11 is 3.49. The summed E-state index contributed by atoms with van der Waals surface area (Å²) in [6, 6.07) is 15.8. The fraction of sp³-hybridized carbons (Fsp3) is 0.316. The van der Waals surface area contributed by atoms with E-state index in [0.29, 0.717) is 5.56 Å². The van der Waals surface area contributed by atoms with Gasteiger partial charge in [-0.3, -0.25) is 0 Å². The molecule has 0 saturated carbocycles. The molecule has 0 fully saturated rings. The molecule has 2 aromatic rings. The van der Waals surface area contributed by atoms with Gasteiger partial charge in [-0.15, -0.1) is 0 Å². The largest absolute Gasteiger partial charge is 0.456 e. The molecule has 0 unspecified atom stereocenters. The molecule has 2 nitrogen and oxygen atoms in total. The van der Waals surface area contributed by atoms with Crippen LogP contribution in [-0.4, -0.2) is 16.9 Å².